The lowest BCUT2D eigenvalue weighted by atomic mass is 10.2. The number of benzene rings is 1. The molecule has 0 unspecified atom stereocenters. The highest BCUT2D eigenvalue weighted by molar-refractivity contribution is 7.89. The molecule has 0 saturated carbocycles. The number of carbonyl (C=O) groups excluding carboxylic acids is 1. The second-order valence-electron chi connectivity index (χ2n) is 6.63. The predicted octanol–water partition coefficient (Wildman–Crippen LogP) is 2.49. The van der Waals surface area contributed by atoms with E-state index < -0.39 is 10.0 Å². The fourth-order valence-electron chi connectivity index (χ4n) is 3.30. The van der Waals surface area contributed by atoms with Crippen molar-refractivity contribution in [1.29, 1.82) is 0 Å². The number of nitrogens with zero attached hydrogens (tertiary/aromatic N) is 3. The van der Waals surface area contributed by atoms with Gasteiger partial charge in [-0.2, -0.15) is 9.40 Å². The van der Waals surface area contributed by atoms with E-state index in [0.29, 0.717) is 29.9 Å². The summed E-state index contributed by atoms with van der Waals surface area (Å²) in [5.41, 5.74) is 1.37. The average molecular weight is 411 g/mol. The monoisotopic (exact) mass is 410 g/mol. The van der Waals surface area contributed by atoms with E-state index in [1.807, 2.05) is 0 Å². The molecule has 0 bridgehead atoms. The molecule has 1 fully saturated rings. The number of rotatable bonds is 5. The van der Waals surface area contributed by atoms with E-state index in [4.69, 9.17) is 11.6 Å². The fraction of sp³-hybridized carbons (Fsp3) is 0.444. The van der Waals surface area contributed by atoms with Crippen LogP contribution in [0.5, 0.6) is 0 Å². The third-order valence-electron chi connectivity index (χ3n) is 4.72. The minimum absolute atomic E-state index is 0.0900. The molecule has 2 aromatic rings. The SMILES string of the molecule is Cc1nn(C)c(Cl)c1C(=O)NCc1ccccc1S(=O)(=O)N1CCCCC1. The Kier molecular flexibility index (Phi) is 5.88. The van der Waals surface area contributed by atoms with Gasteiger partial charge in [-0.25, -0.2) is 8.42 Å². The summed E-state index contributed by atoms with van der Waals surface area (Å²) in [6.07, 6.45) is 2.79. The van der Waals surface area contributed by atoms with Gasteiger partial charge in [0.05, 0.1) is 16.2 Å². The lowest BCUT2D eigenvalue weighted by Gasteiger charge is -2.26. The zero-order chi connectivity index (χ0) is 19.6. The van der Waals surface area contributed by atoms with Crippen molar-refractivity contribution in [2.75, 3.05) is 13.1 Å². The van der Waals surface area contributed by atoms with Gasteiger partial charge in [0.2, 0.25) is 10.0 Å². The molecule has 1 aromatic carbocycles. The van der Waals surface area contributed by atoms with Crippen molar-refractivity contribution in [3.63, 3.8) is 0 Å². The van der Waals surface area contributed by atoms with Gasteiger partial charge in [0.25, 0.3) is 5.91 Å². The number of hydrogen-bond acceptors (Lipinski definition) is 4. The molecule has 0 radical (unpaired) electrons. The maximum Gasteiger partial charge on any atom is 0.256 e. The molecule has 3 rings (SSSR count). The molecule has 146 valence electrons. The summed E-state index contributed by atoms with van der Waals surface area (Å²) in [6, 6.07) is 6.77. The second-order valence-corrected chi connectivity index (χ2v) is 8.89. The van der Waals surface area contributed by atoms with Crippen LogP contribution in [0.2, 0.25) is 5.15 Å². The van der Waals surface area contributed by atoms with Crippen LogP contribution in [-0.2, 0) is 23.6 Å². The van der Waals surface area contributed by atoms with E-state index in [1.165, 1.54) is 8.99 Å². The van der Waals surface area contributed by atoms with Crippen molar-refractivity contribution < 1.29 is 13.2 Å². The Hall–Kier alpha value is -1.90. The molecule has 1 N–H and O–H groups in total. The van der Waals surface area contributed by atoms with Crippen LogP contribution in [0.25, 0.3) is 0 Å². The number of nitrogens with one attached hydrogen (secondary N) is 1. The van der Waals surface area contributed by atoms with Gasteiger partial charge < -0.3 is 5.32 Å². The zero-order valence-electron chi connectivity index (χ0n) is 15.4. The van der Waals surface area contributed by atoms with E-state index in [-0.39, 0.29) is 22.5 Å². The van der Waals surface area contributed by atoms with Crippen molar-refractivity contribution in [2.24, 2.45) is 7.05 Å². The van der Waals surface area contributed by atoms with Gasteiger partial charge in [0.15, 0.2) is 0 Å². The highest BCUT2D eigenvalue weighted by Crippen LogP contribution is 2.24. The van der Waals surface area contributed by atoms with Gasteiger partial charge in [-0.1, -0.05) is 36.2 Å². The normalized spacial score (nSPS) is 15.7. The largest absolute Gasteiger partial charge is 0.348 e. The smallest absolute Gasteiger partial charge is 0.256 e. The summed E-state index contributed by atoms with van der Waals surface area (Å²) in [5, 5.41) is 7.14. The topological polar surface area (TPSA) is 84.3 Å². The van der Waals surface area contributed by atoms with E-state index in [2.05, 4.69) is 10.4 Å². The van der Waals surface area contributed by atoms with Gasteiger partial charge in [0.1, 0.15) is 5.15 Å². The van der Waals surface area contributed by atoms with Crippen LogP contribution in [0.1, 0.15) is 40.9 Å². The average Bonchev–Trinajstić information content (AvgIpc) is 2.92. The Morgan fingerprint density at radius 1 is 1.22 bits per heavy atom. The van der Waals surface area contributed by atoms with Gasteiger partial charge in [-0.15, -0.1) is 0 Å². The second kappa shape index (κ2) is 8.00. The first-order valence-electron chi connectivity index (χ1n) is 8.87. The first kappa shape index (κ1) is 19.9. The number of carbonyl (C=O) groups is 1. The Balaban J connectivity index is 1.81. The van der Waals surface area contributed by atoms with Crippen LogP contribution in [0.4, 0.5) is 0 Å². The zero-order valence-corrected chi connectivity index (χ0v) is 17.0. The van der Waals surface area contributed by atoms with Crippen LogP contribution in [0.3, 0.4) is 0 Å². The molecule has 9 heteroatoms. The van der Waals surface area contributed by atoms with Gasteiger partial charge in [-0.3, -0.25) is 9.48 Å². The number of piperidine rings is 1. The van der Waals surface area contributed by atoms with Crippen molar-refractivity contribution in [3.8, 4) is 0 Å². The number of amides is 1. The molecule has 7 nitrogen and oxygen atoms in total. The van der Waals surface area contributed by atoms with Crippen molar-refractivity contribution in [3.05, 3.63) is 46.2 Å². The number of sulfonamides is 1. The van der Waals surface area contributed by atoms with E-state index in [9.17, 15) is 13.2 Å². The molecular weight excluding hydrogens is 388 g/mol. The quantitative estimate of drug-likeness (QED) is 0.820. The summed E-state index contributed by atoms with van der Waals surface area (Å²) in [4.78, 5) is 12.8. The Bertz CT molecular complexity index is 950. The molecule has 1 aliphatic rings. The number of halogens is 1. The van der Waals surface area contributed by atoms with E-state index in [0.717, 1.165) is 19.3 Å². The van der Waals surface area contributed by atoms with Gasteiger partial charge in [-0.05, 0) is 31.4 Å². The molecule has 1 saturated heterocycles. The number of aryl methyl sites for hydroxylation is 2. The molecule has 0 spiro atoms. The third kappa shape index (κ3) is 4.02. The molecule has 0 aliphatic carbocycles. The Morgan fingerprint density at radius 2 is 1.89 bits per heavy atom. The molecular formula is C18H23ClN4O3S. The van der Waals surface area contributed by atoms with Crippen LogP contribution in [-0.4, -0.2) is 41.5 Å². The molecule has 2 heterocycles. The maximum atomic E-state index is 13.0. The number of hydrogen-bond donors (Lipinski definition) is 1. The van der Waals surface area contributed by atoms with Crippen LogP contribution in [0.15, 0.2) is 29.2 Å². The fourth-order valence-corrected chi connectivity index (χ4v) is 5.30. The Labute approximate surface area is 164 Å². The standard InChI is InChI=1S/C18H23ClN4O3S/c1-13-16(17(19)22(2)21-13)18(24)20-12-14-8-4-5-9-15(14)27(25,26)23-10-6-3-7-11-23/h4-5,8-9H,3,6-7,10-12H2,1-2H3,(H,20,24). The van der Waals surface area contributed by atoms with Crippen molar-refractivity contribution in [1.82, 2.24) is 19.4 Å². The first-order chi connectivity index (χ1) is 12.8. The summed E-state index contributed by atoms with van der Waals surface area (Å²) >= 11 is 6.13. The summed E-state index contributed by atoms with van der Waals surface area (Å²) in [5.74, 6) is -0.379. The lowest BCUT2D eigenvalue weighted by Crippen LogP contribution is -2.36. The van der Waals surface area contributed by atoms with Crippen LogP contribution >= 0.6 is 11.6 Å². The highest BCUT2D eigenvalue weighted by atomic mass is 35.5. The molecule has 27 heavy (non-hydrogen) atoms. The minimum Gasteiger partial charge on any atom is -0.348 e. The third-order valence-corrected chi connectivity index (χ3v) is 7.16. The first-order valence-corrected chi connectivity index (χ1v) is 10.7. The molecule has 1 aromatic heterocycles. The predicted molar refractivity (Wildman–Crippen MR) is 103 cm³/mol. The summed E-state index contributed by atoms with van der Waals surface area (Å²) in [7, 11) is -1.92. The van der Waals surface area contributed by atoms with Crippen molar-refractivity contribution >= 4 is 27.5 Å². The van der Waals surface area contributed by atoms with E-state index >= 15 is 0 Å². The maximum absolute atomic E-state index is 13.0. The van der Waals surface area contributed by atoms with Gasteiger partial charge >= 0.3 is 0 Å². The minimum atomic E-state index is -3.58. The van der Waals surface area contributed by atoms with Crippen LogP contribution < -0.4 is 5.32 Å². The lowest BCUT2D eigenvalue weighted by molar-refractivity contribution is 0.0950. The van der Waals surface area contributed by atoms with E-state index in [1.54, 1.807) is 38.2 Å². The molecule has 1 amide bonds. The molecule has 1 aliphatic heterocycles. The van der Waals surface area contributed by atoms with Crippen molar-refractivity contribution in [2.45, 2.75) is 37.6 Å². The number of aromatic nitrogens is 2. The van der Waals surface area contributed by atoms with Gasteiger partial charge in [0, 0.05) is 26.7 Å². The highest BCUT2D eigenvalue weighted by Gasteiger charge is 2.28. The van der Waals surface area contributed by atoms with Crippen LogP contribution in [0, 0.1) is 6.92 Å². The Morgan fingerprint density at radius 3 is 2.52 bits per heavy atom. The summed E-state index contributed by atoms with van der Waals surface area (Å²) < 4.78 is 29.0. The summed E-state index contributed by atoms with van der Waals surface area (Å²) in [6.45, 7) is 2.86. The molecule has 0 atom stereocenters.